The van der Waals surface area contributed by atoms with Gasteiger partial charge in [-0.3, -0.25) is 19.9 Å². The summed E-state index contributed by atoms with van der Waals surface area (Å²) in [6.07, 6.45) is 11.8. The maximum Gasteiger partial charge on any atom is 0.410 e. The van der Waals surface area contributed by atoms with Crippen molar-refractivity contribution in [1.29, 1.82) is 0 Å². The Hall–Kier alpha value is -5.94. The highest BCUT2D eigenvalue weighted by Crippen LogP contribution is 2.39. The van der Waals surface area contributed by atoms with Crippen LogP contribution in [0.15, 0.2) is 53.5 Å². The maximum atomic E-state index is 13.8. The van der Waals surface area contributed by atoms with Crippen molar-refractivity contribution in [3.63, 3.8) is 0 Å². The fourth-order valence-corrected chi connectivity index (χ4v) is 13.4. The van der Waals surface area contributed by atoms with E-state index in [1.165, 1.54) is 43.0 Å². The first-order chi connectivity index (χ1) is 46.5. The lowest BCUT2D eigenvalue weighted by Crippen LogP contribution is -2.51. The van der Waals surface area contributed by atoms with E-state index in [0.717, 1.165) is 157 Å². The number of halogens is 6. The number of pyridine rings is 4. The number of nitrogens with one attached hydrogen (secondary N) is 2. The van der Waals surface area contributed by atoms with Crippen LogP contribution in [0.1, 0.15) is 160 Å². The molecule has 0 spiro atoms. The van der Waals surface area contributed by atoms with Gasteiger partial charge in [0.2, 0.25) is 0 Å². The minimum absolute atomic E-state index is 0. The van der Waals surface area contributed by atoms with Crippen molar-refractivity contribution in [1.82, 2.24) is 45.3 Å². The fraction of sp³-hybridized carbons (Fsp3) is 0.676. The summed E-state index contributed by atoms with van der Waals surface area (Å²) in [6.45, 7) is 29.8. The Kier molecular flexibility index (Phi) is 29.9. The number of likely N-dealkylation sites (tertiary alicyclic amines) is 3. The number of anilines is 3. The predicted octanol–water partition coefficient (Wildman–Crippen LogP) is 10.4. The maximum absolute atomic E-state index is 13.8. The molecule has 22 nitrogen and oxygen atoms in total. The standard InChI is InChI=1S/2C19H28FN3O3.C14H20FN3O.C13H16BrFN2O2.C6H13NO.ClH/c2*1-19(2,3)26-18(25)23-10-14(11-23)17-16(8-15(20)9-21-17)22-6-4-13(12-24)5-7-22;15-12-5-13(14(17-8-12)11-6-16-7-11)18-3-1-10(9-19)2-4-18;1-13(2,3)19-12(18)17-6-8(7-17)11-10(14)4-9(15)5-16-11;8-5-6-1-3-7-4-2-6;/h2*8-9,13-14,24H,4-7,10-12H2,1-3H3;5,8,10-11,16,19H,1-4,6-7,9H2;4-5,8H,6-7H2,1-3H3;6-8H,1-5H2;1H. The lowest BCUT2D eigenvalue weighted by molar-refractivity contribution is 0.00691. The fourth-order valence-electron chi connectivity index (χ4n) is 12.7. The summed E-state index contributed by atoms with van der Waals surface area (Å²) in [5.74, 6) is 0.992. The number of carbonyl (C=O) groups excluding carboxylic acids is 3. The SMILES string of the molecule is CC(C)(C)OC(=O)N1CC(c2ncc(F)cc2Br)C1.CC(C)(C)OC(=O)N1CC(c2ncc(F)cc2N2CCC(CO)CC2)C1.CC(C)(C)OC(=O)N1CC(c2ncc(F)cc2N2CCC(CO)CC2)C1.Cl.OCC1CCN(c2cc(F)cnc2C2CNC2)CC1.OCC1CCNCC1. The second-order valence-corrected chi connectivity index (χ2v) is 30.9. The van der Waals surface area contributed by atoms with Crippen LogP contribution in [0.2, 0.25) is 0 Å². The van der Waals surface area contributed by atoms with Crippen LogP contribution in [0.5, 0.6) is 0 Å². The van der Waals surface area contributed by atoms with Gasteiger partial charge in [-0.05, 0) is 172 Å². The van der Waals surface area contributed by atoms with Crippen molar-refractivity contribution in [3.8, 4) is 0 Å². The molecule has 6 N–H and O–H groups in total. The van der Waals surface area contributed by atoms with Gasteiger partial charge in [-0.1, -0.05) is 0 Å². The highest BCUT2D eigenvalue weighted by molar-refractivity contribution is 9.10. The zero-order valence-electron chi connectivity index (χ0n) is 59.0. The Labute approximate surface area is 595 Å². The van der Waals surface area contributed by atoms with Gasteiger partial charge in [-0.15, -0.1) is 12.4 Å². The van der Waals surface area contributed by atoms with Crippen molar-refractivity contribution < 1.29 is 66.6 Å². The van der Waals surface area contributed by atoms with Crippen LogP contribution >= 0.6 is 28.3 Å². The van der Waals surface area contributed by atoms with Crippen molar-refractivity contribution >= 4 is 63.7 Å². The molecule has 0 saturated carbocycles. The molecule has 0 aliphatic carbocycles. The van der Waals surface area contributed by atoms with Gasteiger partial charge in [0, 0.05) is 164 Å². The number of ether oxygens (including phenoxy) is 3. The van der Waals surface area contributed by atoms with E-state index in [2.05, 4.69) is 61.2 Å². The summed E-state index contributed by atoms with van der Waals surface area (Å²) in [5.41, 5.74) is 4.54. The monoisotopic (exact) mass is 1480 g/mol. The van der Waals surface area contributed by atoms with Crippen LogP contribution in [0.4, 0.5) is 49.0 Å². The molecule has 0 radical (unpaired) electrons. The quantitative estimate of drug-likeness (QED) is 0.0603. The Morgan fingerprint density at radius 3 is 0.949 bits per heavy atom. The number of aliphatic hydroxyl groups is 4. The van der Waals surface area contributed by atoms with E-state index < -0.39 is 16.8 Å². The molecule has 8 aliphatic rings. The lowest BCUT2D eigenvalue weighted by Gasteiger charge is -2.41. The molecule has 99 heavy (non-hydrogen) atoms. The molecule has 3 amide bonds. The molecule has 8 fully saturated rings. The number of nitrogens with zero attached hydrogens (tertiary/aromatic N) is 10. The Morgan fingerprint density at radius 2 is 0.697 bits per heavy atom. The van der Waals surface area contributed by atoms with E-state index in [0.29, 0.717) is 79.9 Å². The van der Waals surface area contributed by atoms with Gasteiger partial charge in [0.05, 0.1) is 64.6 Å². The first-order valence-electron chi connectivity index (χ1n) is 34.8. The van der Waals surface area contributed by atoms with Crippen molar-refractivity contribution in [3.05, 3.63) is 99.6 Å². The average molecular weight is 1480 g/mol. The summed E-state index contributed by atoms with van der Waals surface area (Å²) in [7, 11) is 0. The molecular weight excluding hydrogens is 1370 g/mol. The van der Waals surface area contributed by atoms with Gasteiger partial charge in [-0.2, -0.15) is 0 Å². The molecule has 12 heterocycles. The van der Waals surface area contributed by atoms with Gasteiger partial charge in [0.25, 0.3) is 0 Å². The minimum Gasteiger partial charge on any atom is -0.444 e. The van der Waals surface area contributed by atoms with E-state index in [1.54, 1.807) is 20.8 Å². The number of rotatable bonds is 11. The smallest absolute Gasteiger partial charge is 0.410 e. The largest absolute Gasteiger partial charge is 0.444 e. The van der Waals surface area contributed by atoms with E-state index >= 15 is 0 Å². The summed E-state index contributed by atoms with van der Waals surface area (Å²) in [5, 5.41) is 42.9. The number of carbonyl (C=O) groups is 3. The minimum atomic E-state index is -0.515. The van der Waals surface area contributed by atoms with E-state index in [1.807, 2.05) is 62.3 Å². The molecule has 8 aliphatic heterocycles. The number of aromatic nitrogens is 4. The summed E-state index contributed by atoms with van der Waals surface area (Å²) in [4.78, 5) is 64.5. The number of hydrogen-bond donors (Lipinski definition) is 6. The number of hydrogen-bond acceptors (Lipinski definition) is 19. The Bertz CT molecular complexity index is 3100. The van der Waals surface area contributed by atoms with Gasteiger partial charge >= 0.3 is 18.3 Å². The van der Waals surface area contributed by atoms with Gasteiger partial charge in [0.1, 0.15) is 40.1 Å². The molecule has 0 unspecified atom stereocenters. The summed E-state index contributed by atoms with van der Waals surface area (Å²) in [6, 6.07) is 6.08. The van der Waals surface area contributed by atoms with Crippen LogP contribution in [0.25, 0.3) is 0 Å². The molecule has 0 atom stereocenters. The molecule has 12 rings (SSSR count). The van der Waals surface area contributed by atoms with Gasteiger partial charge in [-0.25, -0.2) is 31.9 Å². The topological polar surface area (TPSA) is 255 Å². The van der Waals surface area contributed by atoms with Gasteiger partial charge < -0.3 is 74.7 Å². The highest BCUT2D eigenvalue weighted by Gasteiger charge is 2.41. The second kappa shape index (κ2) is 36.8. The zero-order valence-corrected chi connectivity index (χ0v) is 61.4. The van der Waals surface area contributed by atoms with Crippen LogP contribution in [-0.2, 0) is 14.2 Å². The molecule has 8 saturated heterocycles. The van der Waals surface area contributed by atoms with Crippen LogP contribution < -0.4 is 25.3 Å². The normalized spacial score (nSPS) is 19.3. The predicted molar refractivity (Wildman–Crippen MR) is 378 cm³/mol. The third kappa shape index (κ3) is 23.8. The first kappa shape index (κ1) is 80.4. The Balaban J connectivity index is 0.000000179. The molecule has 0 aromatic carbocycles. The second-order valence-electron chi connectivity index (χ2n) is 30.0. The third-order valence-electron chi connectivity index (χ3n) is 18.7. The van der Waals surface area contributed by atoms with Crippen molar-refractivity contribution in [2.24, 2.45) is 23.7 Å². The first-order valence-corrected chi connectivity index (χ1v) is 35.6. The molecule has 4 aromatic rings. The number of piperidine rings is 4. The van der Waals surface area contributed by atoms with Crippen LogP contribution in [-0.4, -0.2) is 221 Å². The van der Waals surface area contributed by atoms with E-state index in [4.69, 9.17) is 19.3 Å². The van der Waals surface area contributed by atoms with E-state index in [9.17, 15) is 47.3 Å². The highest BCUT2D eigenvalue weighted by atomic mass is 79.9. The molecule has 4 aromatic heterocycles. The number of amides is 3. The molecular formula is C71H106BrClF4N12O10. The molecule has 552 valence electrons. The summed E-state index contributed by atoms with van der Waals surface area (Å²) >= 11 is 3.29. The Morgan fingerprint density at radius 1 is 0.434 bits per heavy atom. The molecule has 0 bridgehead atoms. The summed E-state index contributed by atoms with van der Waals surface area (Å²) < 4.78 is 70.7. The zero-order chi connectivity index (χ0) is 71.1. The van der Waals surface area contributed by atoms with Gasteiger partial charge in [0.15, 0.2) is 0 Å². The number of aliphatic hydroxyl groups excluding tert-OH is 4. The molecule has 28 heteroatoms. The lowest BCUT2D eigenvalue weighted by atomic mass is 9.92. The van der Waals surface area contributed by atoms with Crippen molar-refractivity contribution in [2.45, 2.75) is 154 Å². The van der Waals surface area contributed by atoms with Crippen LogP contribution in [0, 0.1) is 46.9 Å². The van der Waals surface area contributed by atoms with E-state index in [-0.39, 0.29) is 91.5 Å². The average Bonchev–Trinajstić information content (AvgIpc) is 0.804. The third-order valence-corrected chi connectivity index (χ3v) is 19.3. The van der Waals surface area contributed by atoms with Crippen LogP contribution in [0.3, 0.4) is 0 Å². The van der Waals surface area contributed by atoms with Crippen molar-refractivity contribution in [2.75, 3.05) is 146 Å².